The van der Waals surface area contributed by atoms with Crippen LogP contribution in [0, 0.1) is 11.8 Å². The molecule has 134 valence electrons. The Morgan fingerprint density at radius 3 is 2.12 bits per heavy atom. The van der Waals surface area contributed by atoms with Gasteiger partial charge in [0.15, 0.2) is 0 Å². The normalized spacial score (nSPS) is 29.5. The van der Waals surface area contributed by atoms with E-state index in [0.29, 0.717) is 11.8 Å². The Bertz CT molecular complexity index is 562. The number of carbonyl (C=O) groups is 1. The molecular weight excluding hydrogens is 341 g/mol. The van der Waals surface area contributed by atoms with Gasteiger partial charge in [0.25, 0.3) is 5.91 Å². The number of nitrogens with two attached hydrogens (primary N) is 1. The molecule has 1 aromatic rings. The monoisotopic (exact) mass is 362 g/mol. The number of rotatable bonds is 2. The van der Waals surface area contributed by atoms with E-state index in [1.165, 1.54) is 12.1 Å². The van der Waals surface area contributed by atoms with Crippen LogP contribution in [0.25, 0.3) is 0 Å². The van der Waals surface area contributed by atoms with Gasteiger partial charge < -0.3 is 11.1 Å². The minimum atomic E-state index is -4.38. The van der Waals surface area contributed by atoms with Gasteiger partial charge in [-0.15, -0.1) is 12.4 Å². The number of carbonyl (C=O) groups excluding carboxylic acids is 1. The zero-order chi connectivity index (χ0) is 16.6. The second-order valence-electron chi connectivity index (χ2n) is 6.76. The molecule has 0 radical (unpaired) electrons. The van der Waals surface area contributed by atoms with Crippen LogP contribution in [0.1, 0.15) is 48.0 Å². The summed E-state index contributed by atoms with van der Waals surface area (Å²) >= 11 is 0. The first-order valence-electron chi connectivity index (χ1n) is 8.08. The zero-order valence-corrected chi connectivity index (χ0v) is 14.0. The van der Waals surface area contributed by atoms with Crippen LogP contribution in [0.15, 0.2) is 24.3 Å². The molecule has 2 aliphatic rings. The minimum Gasteiger partial charge on any atom is -0.349 e. The fraction of sp³-hybridized carbons (Fsp3) is 0.588. The summed E-state index contributed by atoms with van der Waals surface area (Å²) in [6.07, 6.45) is 0.716. The quantitative estimate of drug-likeness (QED) is 0.841. The van der Waals surface area contributed by atoms with Crippen LogP contribution in [0.5, 0.6) is 0 Å². The average molecular weight is 363 g/mol. The topological polar surface area (TPSA) is 55.1 Å². The first-order valence-corrected chi connectivity index (χ1v) is 8.08. The summed E-state index contributed by atoms with van der Waals surface area (Å²) in [5, 5.41) is 3.04. The highest BCUT2D eigenvalue weighted by Gasteiger charge is 2.40. The lowest BCUT2D eigenvalue weighted by Crippen LogP contribution is -2.53. The predicted octanol–water partition coefficient (Wildman–Crippen LogP) is 3.76. The number of amides is 1. The molecule has 2 unspecified atom stereocenters. The first kappa shape index (κ1) is 19.1. The Morgan fingerprint density at radius 1 is 1.08 bits per heavy atom. The van der Waals surface area contributed by atoms with Gasteiger partial charge >= 0.3 is 6.18 Å². The van der Waals surface area contributed by atoms with Crippen molar-refractivity contribution < 1.29 is 18.0 Å². The maximum atomic E-state index is 12.6. The largest absolute Gasteiger partial charge is 0.416 e. The first-order chi connectivity index (χ1) is 10.8. The molecule has 0 saturated heterocycles. The summed E-state index contributed by atoms with van der Waals surface area (Å²) in [6, 6.07) is 4.67. The van der Waals surface area contributed by atoms with E-state index < -0.39 is 11.7 Å². The van der Waals surface area contributed by atoms with Gasteiger partial charge in [-0.05, 0) is 61.8 Å². The van der Waals surface area contributed by atoms with Gasteiger partial charge in [0.1, 0.15) is 0 Å². The Morgan fingerprint density at radius 2 is 1.62 bits per heavy atom. The van der Waals surface area contributed by atoms with Crippen LogP contribution in [-0.4, -0.2) is 18.0 Å². The van der Waals surface area contributed by atoms with Gasteiger partial charge in [0, 0.05) is 17.6 Å². The van der Waals surface area contributed by atoms with Crippen molar-refractivity contribution in [3.63, 3.8) is 0 Å². The van der Waals surface area contributed by atoms with E-state index in [0.717, 1.165) is 44.2 Å². The molecule has 0 aromatic heterocycles. The zero-order valence-electron chi connectivity index (χ0n) is 13.2. The van der Waals surface area contributed by atoms with Gasteiger partial charge in [-0.3, -0.25) is 4.79 Å². The van der Waals surface area contributed by atoms with Crippen LogP contribution >= 0.6 is 12.4 Å². The number of halogens is 4. The van der Waals surface area contributed by atoms with Crippen LogP contribution < -0.4 is 11.1 Å². The number of hydrogen-bond donors (Lipinski definition) is 2. The predicted molar refractivity (Wildman–Crippen MR) is 88.0 cm³/mol. The number of benzene rings is 1. The third-order valence-corrected chi connectivity index (χ3v) is 5.15. The standard InChI is InChI=1S/C17H21F3N2O.ClH/c18-17(19,20)13-6-4-10(5-7-13)16(23)22-15-11-2-1-3-12(15)9-14(21)8-11;/h4-7,11-12,14-15H,1-3,8-9,21H2,(H,22,23);1H. The molecule has 3 rings (SSSR count). The molecule has 7 heteroatoms. The fourth-order valence-electron chi connectivity index (χ4n) is 4.07. The fourth-order valence-corrected chi connectivity index (χ4v) is 4.07. The van der Waals surface area contributed by atoms with Gasteiger partial charge in [0.05, 0.1) is 5.56 Å². The van der Waals surface area contributed by atoms with Crippen molar-refractivity contribution in [2.45, 2.75) is 50.4 Å². The molecular formula is C17H22ClF3N2O. The van der Waals surface area contributed by atoms with E-state index in [1.807, 2.05) is 0 Å². The average Bonchev–Trinajstić information content (AvgIpc) is 2.47. The third kappa shape index (κ3) is 4.03. The summed E-state index contributed by atoms with van der Waals surface area (Å²) in [7, 11) is 0. The summed E-state index contributed by atoms with van der Waals surface area (Å²) in [6.45, 7) is 0. The highest BCUT2D eigenvalue weighted by Crippen LogP contribution is 2.39. The number of fused-ring (bicyclic) bond motifs is 2. The van der Waals surface area contributed by atoms with Crippen molar-refractivity contribution >= 4 is 18.3 Å². The van der Waals surface area contributed by atoms with Gasteiger partial charge in [-0.2, -0.15) is 13.2 Å². The smallest absolute Gasteiger partial charge is 0.349 e. The SMILES string of the molecule is Cl.NC1CC2CCCC(C1)C2NC(=O)c1ccc(C(F)(F)F)cc1. The van der Waals surface area contributed by atoms with Gasteiger partial charge in [-0.25, -0.2) is 0 Å². The molecule has 2 bridgehead atoms. The van der Waals surface area contributed by atoms with Crippen molar-refractivity contribution in [2.24, 2.45) is 17.6 Å². The van der Waals surface area contributed by atoms with Crippen molar-refractivity contribution in [1.82, 2.24) is 5.32 Å². The van der Waals surface area contributed by atoms with E-state index >= 15 is 0 Å². The second kappa shape index (κ2) is 7.31. The number of nitrogens with one attached hydrogen (secondary N) is 1. The molecule has 0 spiro atoms. The molecule has 24 heavy (non-hydrogen) atoms. The number of hydrogen-bond acceptors (Lipinski definition) is 2. The molecule has 2 saturated carbocycles. The Balaban J connectivity index is 0.00000208. The van der Waals surface area contributed by atoms with Crippen molar-refractivity contribution in [3.05, 3.63) is 35.4 Å². The van der Waals surface area contributed by atoms with E-state index in [2.05, 4.69) is 5.32 Å². The van der Waals surface area contributed by atoms with Crippen LogP contribution in [0.3, 0.4) is 0 Å². The summed E-state index contributed by atoms with van der Waals surface area (Å²) in [5.41, 5.74) is 5.60. The summed E-state index contributed by atoms with van der Waals surface area (Å²) in [4.78, 5) is 12.4. The van der Waals surface area contributed by atoms with Crippen molar-refractivity contribution in [1.29, 1.82) is 0 Å². The van der Waals surface area contributed by atoms with Crippen LogP contribution in [-0.2, 0) is 6.18 Å². The van der Waals surface area contributed by atoms with Gasteiger partial charge in [-0.1, -0.05) is 6.42 Å². The highest BCUT2D eigenvalue weighted by molar-refractivity contribution is 5.94. The van der Waals surface area contributed by atoms with Crippen LogP contribution in [0.2, 0.25) is 0 Å². The van der Waals surface area contributed by atoms with E-state index in [4.69, 9.17) is 5.73 Å². The molecule has 2 aliphatic carbocycles. The maximum absolute atomic E-state index is 12.6. The summed E-state index contributed by atoms with van der Waals surface area (Å²) < 4.78 is 37.7. The lowest BCUT2D eigenvalue weighted by molar-refractivity contribution is -0.137. The molecule has 3 N–H and O–H groups in total. The molecule has 3 nitrogen and oxygen atoms in total. The molecule has 2 atom stereocenters. The Labute approximate surface area is 145 Å². The molecule has 0 heterocycles. The molecule has 1 amide bonds. The van der Waals surface area contributed by atoms with E-state index in [9.17, 15) is 18.0 Å². The lowest BCUT2D eigenvalue weighted by Gasteiger charge is -2.45. The van der Waals surface area contributed by atoms with Crippen molar-refractivity contribution in [2.75, 3.05) is 0 Å². The Kier molecular flexibility index (Phi) is 5.81. The maximum Gasteiger partial charge on any atom is 0.416 e. The highest BCUT2D eigenvalue weighted by atomic mass is 35.5. The van der Waals surface area contributed by atoms with Crippen LogP contribution in [0.4, 0.5) is 13.2 Å². The van der Waals surface area contributed by atoms with Gasteiger partial charge in [0.2, 0.25) is 0 Å². The third-order valence-electron chi connectivity index (χ3n) is 5.15. The summed E-state index contributed by atoms with van der Waals surface area (Å²) in [5.74, 6) is 0.475. The second-order valence-corrected chi connectivity index (χ2v) is 6.76. The minimum absolute atomic E-state index is 0. The molecule has 0 aliphatic heterocycles. The van der Waals surface area contributed by atoms with Crippen molar-refractivity contribution in [3.8, 4) is 0 Å². The molecule has 2 fully saturated rings. The van der Waals surface area contributed by atoms with E-state index in [-0.39, 0.29) is 36.0 Å². The van der Waals surface area contributed by atoms with E-state index in [1.54, 1.807) is 0 Å². The Hall–Kier alpha value is -1.27. The lowest BCUT2D eigenvalue weighted by atomic mass is 9.67. The molecule has 1 aromatic carbocycles. The number of alkyl halides is 3.